The van der Waals surface area contributed by atoms with E-state index in [4.69, 9.17) is 4.74 Å². The zero-order valence-electron chi connectivity index (χ0n) is 12.2. The smallest absolute Gasteiger partial charge is 0.253 e. The Kier molecular flexibility index (Phi) is 4.22. The fourth-order valence-corrected chi connectivity index (χ4v) is 3.24. The summed E-state index contributed by atoms with van der Waals surface area (Å²) in [6.07, 6.45) is 0.352. The molecule has 1 aromatic carbocycles. The standard InChI is InChI=1S/C16H21FN2O2/c1-11-8-14(12-4-2-3-5-13(12)17)19(10-11)16(20)15-9-18-6-7-21-15/h2-5,11,14-15,18H,6-10H2,1H3/t11?,14?,15-/m1/s1. The van der Waals surface area contributed by atoms with Gasteiger partial charge in [-0.05, 0) is 18.4 Å². The number of hydrogen-bond donors (Lipinski definition) is 1. The molecule has 3 atom stereocenters. The number of rotatable bonds is 2. The summed E-state index contributed by atoms with van der Waals surface area (Å²) in [6.45, 7) is 4.62. The van der Waals surface area contributed by atoms with Crippen LogP contribution in [-0.4, -0.2) is 43.2 Å². The van der Waals surface area contributed by atoms with Crippen molar-refractivity contribution in [2.75, 3.05) is 26.2 Å². The molecule has 4 nitrogen and oxygen atoms in total. The fraction of sp³-hybridized carbons (Fsp3) is 0.562. The molecule has 2 heterocycles. The van der Waals surface area contributed by atoms with Gasteiger partial charge in [0.15, 0.2) is 0 Å². The third-order valence-corrected chi connectivity index (χ3v) is 4.26. The van der Waals surface area contributed by atoms with Crippen LogP contribution in [0, 0.1) is 11.7 Å². The van der Waals surface area contributed by atoms with Crippen LogP contribution in [0.1, 0.15) is 24.9 Å². The number of carbonyl (C=O) groups excluding carboxylic acids is 1. The Balaban J connectivity index is 1.82. The van der Waals surface area contributed by atoms with Gasteiger partial charge in [0, 0.05) is 25.2 Å². The van der Waals surface area contributed by atoms with Crippen LogP contribution in [0.15, 0.2) is 24.3 Å². The molecule has 114 valence electrons. The topological polar surface area (TPSA) is 41.6 Å². The summed E-state index contributed by atoms with van der Waals surface area (Å²) in [6, 6.07) is 6.55. The van der Waals surface area contributed by atoms with Crippen LogP contribution in [0.4, 0.5) is 4.39 Å². The van der Waals surface area contributed by atoms with E-state index in [-0.39, 0.29) is 17.8 Å². The van der Waals surface area contributed by atoms with Gasteiger partial charge in [0.05, 0.1) is 12.6 Å². The molecule has 0 spiro atoms. The summed E-state index contributed by atoms with van der Waals surface area (Å²) in [7, 11) is 0. The lowest BCUT2D eigenvalue weighted by Gasteiger charge is -2.31. The van der Waals surface area contributed by atoms with Crippen molar-refractivity contribution in [3.8, 4) is 0 Å². The van der Waals surface area contributed by atoms with E-state index in [1.807, 2.05) is 6.07 Å². The first-order valence-electron chi connectivity index (χ1n) is 7.54. The molecule has 2 fully saturated rings. The molecule has 2 aliphatic rings. The van der Waals surface area contributed by atoms with Gasteiger partial charge in [-0.25, -0.2) is 4.39 Å². The largest absolute Gasteiger partial charge is 0.366 e. The van der Waals surface area contributed by atoms with Crippen molar-refractivity contribution in [3.05, 3.63) is 35.6 Å². The first kappa shape index (κ1) is 14.5. The van der Waals surface area contributed by atoms with Crippen molar-refractivity contribution in [1.82, 2.24) is 10.2 Å². The Morgan fingerprint density at radius 3 is 2.95 bits per heavy atom. The van der Waals surface area contributed by atoms with Gasteiger partial charge in [-0.1, -0.05) is 25.1 Å². The molecule has 1 aromatic rings. The summed E-state index contributed by atoms with van der Waals surface area (Å²) in [4.78, 5) is 14.5. The van der Waals surface area contributed by atoms with E-state index in [1.54, 1.807) is 17.0 Å². The highest BCUT2D eigenvalue weighted by Gasteiger charge is 2.38. The number of amides is 1. The summed E-state index contributed by atoms with van der Waals surface area (Å²) < 4.78 is 19.6. The zero-order valence-corrected chi connectivity index (χ0v) is 12.2. The lowest BCUT2D eigenvalue weighted by molar-refractivity contribution is -0.146. The molecule has 5 heteroatoms. The molecule has 1 N–H and O–H groups in total. The van der Waals surface area contributed by atoms with Gasteiger partial charge < -0.3 is 15.0 Å². The molecule has 21 heavy (non-hydrogen) atoms. The number of ether oxygens (including phenoxy) is 1. The summed E-state index contributed by atoms with van der Waals surface area (Å²) in [5, 5.41) is 3.17. The van der Waals surface area contributed by atoms with Crippen LogP contribution in [0.2, 0.25) is 0 Å². The number of carbonyl (C=O) groups is 1. The molecular weight excluding hydrogens is 271 g/mol. The highest BCUT2D eigenvalue weighted by Crippen LogP contribution is 2.36. The summed E-state index contributed by atoms with van der Waals surface area (Å²) in [5.74, 6) is 0.104. The van der Waals surface area contributed by atoms with Crippen molar-refractivity contribution < 1.29 is 13.9 Å². The van der Waals surface area contributed by atoms with Crippen LogP contribution in [0.5, 0.6) is 0 Å². The SMILES string of the molecule is CC1CC(c2ccccc2F)N(C(=O)[C@H]2CNCCO2)C1. The van der Waals surface area contributed by atoms with Crippen molar-refractivity contribution in [2.45, 2.75) is 25.5 Å². The zero-order chi connectivity index (χ0) is 14.8. The van der Waals surface area contributed by atoms with Crippen molar-refractivity contribution in [2.24, 2.45) is 5.92 Å². The second-order valence-corrected chi connectivity index (χ2v) is 5.93. The first-order valence-corrected chi connectivity index (χ1v) is 7.54. The molecule has 0 bridgehead atoms. The van der Waals surface area contributed by atoms with Gasteiger partial charge in [0.25, 0.3) is 5.91 Å². The monoisotopic (exact) mass is 292 g/mol. The Bertz CT molecular complexity index is 517. The molecule has 1 amide bonds. The van der Waals surface area contributed by atoms with E-state index < -0.39 is 6.10 Å². The maximum atomic E-state index is 14.1. The van der Waals surface area contributed by atoms with Gasteiger partial charge in [0.1, 0.15) is 11.9 Å². The number of benzene rings is 1. The predicted octanol–water partition coefficient (Wildman–Crippen LogP) is 1.72. The highest BCUT2D eigenvalue weighted by molar-refractivity contribution is 5.82. The van der Waals surface area contributed by atoms with E-state index >= 15 is 0 Å². The number of likely N-dealkylation sites (tertiary alicyclic amines) is 1. The third kappa shape index (κ3) is 2.94. The number of nitrogens with one attached hydrogen (secondary N) is 1. The lowest BCUT2D eigenvalue weighted by atomic mass is 10.0. The van der Waals surface area contributed by atoms with Gasteiger partial charge >= 0.3 is 0 Å². The van der Waals surface area contributed by atoms with E-state index in [0.717, 1.165) is 13.0 Å². The van der Waals surface area contributed by atoms with E-state index in [9.17, 15) is 9.18 Å². The minimum atomic E-state index is -0.446. The minimum Gasteiger partial charge on any atom is -0.366 e. The van der Waals surface area contributed by atoms with Gasteiger partial charge in [0.2, 0.25) is 0 Å². The average molecular weight is 292 g/mol. The molecular formula is C16H21FN2O2. The fourth-order valence-electron chi connectivity index (χ4n) is 3.24. The highest BCUT2D eigenvalue weighted by atomic mass is 19.1. The van der Waals surface area contributed by atoms with Gasteiger partial charge in [-0.2, -0.15) is 0 Å². The van der Waals surface area contributed by atoms with Crippen LogP contribution in [0.25, 0.3) is 0 Å². The quantitative estimate of drug-likeness (QED) is 0.902. The van der Waals surface area contributed by atoms with Crippen LogP contribution < -0.4 is 5.32 Å². The third-order valence-electron chi connectivity index (χ3n) is 4.26. The molecule has 0 radical (unpaired) electrons. The van der Waals surface area contributed by atoms with E-state index in [0.29, 0.717) is 31.2 Å². The summed E-state index contributed by atoms with van der Waals surface area (Å²) >= 11 is 0. The Hall–Kier alpha value is -1.46. The molecule has 0 aromatic heterocycles. The Morgan fingerprint density at radius 1 is 1.43 bits per heavy atom. The second kappa shape index (κ2) is 6.12. The molecule has 3 rings (SSSR count). The van der Waals surface area contributed by atoms with Crippen molar-refractivity contribution in [1.29, 1.82) is 0 Å². The number of nitrogens with zero attached hydrogens (tertiary/aromatic N) is 1. The number of halogens is 1. The Labute approximate surface area is 124 Å². The van der Waals surface area contributed by atoms with E-state index in [2.05, 4.69) is 12.2 Å². The summed E-state index contributed by atoms with van der Waals surface area (Å²) in [5.41, 5.74) is 0.610. The maximum Gasteiger partial charge on any atom is 0.253 e. The van der Waals surface area contributed by atoms with E-state index in [1.165, 1.54) is 6.07 Å². The number of hydrogen-bond acceptors (Lipinski definition) is 3. The van der Waals surface area contributed by atoms with Crippen LogP contribution >= 0.6 is 0 Å². The molecule has 2 unspecified atom stereocenters. The van der Waals surface area contributed by atoms with Gasteiger partial charge in [-0.3, -0.25) is 4.79 Å². The van der Waals surface area contributed by atoms with Crippen LogP contribution in [0.3, 0.4) is 0 Å². The van der Waals surface area contributed by atoms with Crippen LogP contribution in [-0.2, 0) is 9.53 Å². The molecule has 2 aliphatic heterocycles. The second-order valence-electron chi connectivity index (χ2n) is 5.93. The molecule has 2 saturated heterocycles. The van der Waals surface area contributed by atoms with Crippen molar-refractivity contribution in [3.63, 3.8) is 0 Å². The number of morpholine rings is 1. The molecule has 0 aliphatic carbocycles. The van der Waals surface area contributed by atoms with Gasteiger partial charge in [-0.15, -0.1) is 0 Å². The average Bonchev–Trinajstić information content (AvgIpc) is 2.89. The maximum absolute atomic E-state index is 14.1. The normalized spacial score (nSPS) is 29.6. The lowest BCUT2D eigenvalue weighted by Crippen LogP contribution is -2.49. The Morgan fingerprint density at radius 2 is 2.24 bits per heavy atom. The predicted molar refractivity (Wildman–Crippen MR) is 77.2 cm³/mol. The van der Waals surface area contributed by atoms with Crippen molar-refractivity contribution >= 4 is 5.91 Å². The first-order chi connectivity index (χ1) is 10.2. The molecule has 0 saturated carbocycles. The minimum absolute atomic E-state index is 0.0280.